The predicted octanol–water partition coefficient (Wildman–Crippen LogP) is 4.83. The zero-order valence-corrected chi connectivity index (χ0v) is 18.5. The van der Waals surface area contributed by atoms with Crippen LogP contribution in [-0.2, 0) is 6.42 Å². The van der Waals surface area contributed by atoms with Crippen LogP contribution in [0, 0.1) is 0 Å². The molecule has 2 fully saturated rings. The molecule has 158 valence electrons. The standard InChI is InChI=1S/C27H35N3/c1-20-26-9-4-3-6-22(26)19-27(20)21-7-5-8-25(18-21)30-16-12-24(13-17-30)28-23-10-14-29(2)15-11-23/h3-9,18,23-24,28H,10-17,19H2,1-2H3. The van der Waals surface area contributed by atoms with Crippen molar-refractivity contribution in [1.82, 2.24) is 10.2 Å². The van der Waals surface area contributed by atoms with Crippen LogP contribution in [0.1, 0.15) is 49.3 Å². The molecule has 2 heterocycles. The van der Waals surface area contributed by atoms with Crippen molar-refractivity contribution >= 4 is 16.8 Å². The lowest BCUT2D eigenvalue weighted by Gasteiger charge is -2.38. The topological polar surface area (TPSA) is 18.5 Å². The van der Waals surface area contributed by atoms with Gasteiger partial charge >= 0.3 is 0 Å². The first-order valence-corrected chi connectivity index (χ1v) is 11.8. The van der Waals surface area contributed by atoms with E-state index in [9.17, 15) is 0 Å². The molecule has 0 spiro atoms. The third-order valence-corrected chi connectivity index (χ3v) is 7.49. The van der Waals surface area contributed by atoms with Crippen molar-refractivity contribution < 1.29 is 0 Å². The Bertz CT molecular complexity index is 915. The number of likely N-dealkylation sites (tertiary alicyclic amines) is 1. The molecule has 0 bridgehead atoms. The van der Waals surface area contributed by atoms with E-state index < -0.39 is 0 Å². The molecule has 3 nitrogen and oxygen atoms in total. The molecule has 0 aromatic heterocycles. The number of anilines is 1. The van der Waals surface area contributed by atoms with Crippen LogP contribution in [0.5, 0.6) is 0 Å². The maximum absolute atomic E-state index is 3.96. The van der Waals surface area contributed by atoms with E-state index in [-0.39, 0.29) is 0 Å². The molecule has 1 aliphatic carbocycles. The number of rotatable bonds is 4. The van der Waals surface area contributed by atoms with Gasteiger partial charge in [0.15, 0.2) is 0 Å². The summed E-state index contributed by atoms with van der Waals surface area (Å²) in [6.45, 7) is 7.08. The van der Waals surface area contributed by atoms with Crippen molar-refractivity contribution in [1.29, 1.82) is 0 Å². The summed E-state index contributed by atoms with van der Waals surface area (Å²) >= 11 is 0. The molecule has 2 aliphatic heterocycles. The highest BCUT2D eigenvalue weighted by Crippen LogP contribution is 2.38. The number of piperidine rings is 2. The monoisotopic (exact) mass is 401 g/mol. The van der Waals surface area contributed by atoms with Gasteiger partial charge < -0.3 is 15.1 Å². The highest BCUT2D eigenvalue weighted by atomic mass is 15.2. The molecule has 3 heteroatoms. The lowest BCUT2D eigenvalue weighted by Crippen LogP contribution is -2.49. The number of benzene rings is 2. The molecule has 0 amide bonds. The van der Waals surface area contributed by atoms with E-state index in [1.54, 1.807) is 0 Å². The Balaban J connectivity index is 1.22. The van der Waals surface area contributed by atoms with Gasteiger partial charge in [-0.25, -0.2) is 0 Å². The summed E-state index contributed by atoms with van der Waals surface area (Å²) in [6.07, 6.45) is 6.17. The summed E-state index contributed by atoms with van der Waals surface area (Å²) in [6, 6.07) is 19.5. The van der Waals surface area contributed by atoms with Crippen molar-refractivity contribution in [2.75, 3.05) is 38.1 Å². The summed E-state index contributed by atoms with van der Waals surface area (Å²) < 4.78 is 0. The molecule has 1 N–H and O–H groups in total. The fourth-order valence-electron chi connectivity index (χ4n) is 5.55. The molecule has 3 aliphatic rings. The molecular weight excluding hydrogens is 366 g/mol. The fraction of sp³-hybridized carbons (Fsp3) is 0.481. The van der Waals surface area contributed by atoms with Gasteiger partial charge in [0, 0.05) is 30.9 Å². The van der Waals surface area contributed by atoms with Gasteiger partial charge in [-0.1, -0.05) is 36.4 Å². The number of nitrogens with one attached hydrogen (secondary N) is 1. The zero-order chi connectivity index (χ0) is 20.5. The van der Waals surface area contributed by atoms with Gasteiger partial charge in [0.25, 0.3) is 0 Å². The average molecular weight is 402 g/mol. The van der Waals surface area contributed by atoms with E-state index >= 15 is 0 Å². The van der Waals surface area contributed by atoms with Crippen LogP contribution in [-0.4, -0.2) is 50.2 Å². The average Bonchev–Trinajstić information content (AvgIpc) is 3.13. The second-order valence-electron chi connectivity index (χ2n) is 9.49. The SMILES string of the molecule is CC1=C(c2cccc(N3CCC(NC4CCN(C)CC4)CC3)c2)Cc2ccccc21. The Morgan fingerprint density at radius 3 is 2.27 bits per heavy atom. The van der Waals surface area contributed by atoms with Gasteiger partial charge in [-0.3, -0.25) is 0 Å². The molecule has 2 saturated heterocycles. The molecule has 0 atom stereocenters. The summed E-state index contributed by atoms with van der Waals surface area (Å²) in [7, 11) is 2.24. The largest absolute Gasteiger partial charge is 0.371 e. The maximum atomic E-state index is 3.96. The van der Waals surface area contributed by atoms with E-state index in [1.165, 1.54) is 72.3 Å². The molecule has 2 aromatic rings. The quantitative estimate of drug-likeness (QED) is 0.792. The van der Waals surface area contributed by atoms with Crippen LogP contribution in [0.25, 0.3) is 11.1 Å². The molecule has 5 rings (SSSR count). The molecule has 30 heavy (non-hydrogen) atoms. The molecule has 0 saturated carbocycles. The van der Waals surface area contributed by atoms with Gasteiger partial charge in [0.05, 0.1) is 0 Å². The number of nitrogens with zero attached hydrogens (tertiary/aromatic N) is 2. The number of hydrogen-bond acceptors (Lipinski definition) is 3. The van der Waals surface area contributed by atoms with E-state index in [0.717, 1.165) is 25.6 Å². The lowest BCUT2D eigenvalue weighted by atomic mass is 9.98. The van der Waals surface area contributed by atoms with Gasteiger partial charge in [0.2, 0.25) is 0 Å². The number of allylic oxidation sites excluding steroid dienone is 2. The van der Waals surface area contributed by atoms with Crippen LogP contribution in [0.4, 0.5) is 5.69 Å². The first-order chi connectivity index (χ1) is 14.7. The Morgan fingerprint density at radius 2 is 1.53 bits per heavy atom. The second-order valence-corrected chi connectivity index (χ2v) is 9.49. The maximum Gasteiger partial charge on any atom is 0.0372 e. The summed E-state index contributed by atoms with van der Waals surface area (Å²) in [5.74, 6) is 0. The Morgan fingerprint density at radius 1 is 0.833 bits per heavy atom. The third kappa shape index (κ3) is 4.06. The van der Waals surface area contributed by atoms with Crippen LogP contribution in [0.15, 0.2) is 48.5 Å². The second kappa shape index (κ2) is 8.56. The molecular formula is C27H35N3. The highest BCUT2D eigenvalue weighted by molar-refractivity contribution is 5.96. The Labute approximate surface area is 181 Å². The van der Waals surface area contributed by atoms with Crippen LogP contribution < -0.4 is 10.2 Å². The first-order valence-electron chi connectivity index (χ1n) is 11.8. The van der Waals surface area contributed by atoms with E-state index in [0.29, 0.717) is 6.04 Å². The van der Waals surface area contributed by atoms with Gasteiger partial charge in [-0.2, -0.15) is 0 Å². The van der Waals surface area contributed by atoms with Crippen molar-refractivity contribution in [3.8, 4) is 0 Å². The minimum atomic E-state index is 0.687. The minimum absolute atomic E-state index is 0.687. The van der Waals surface area contributed by atoms with Crippen molar-refractivity contribution in [3.63, 3.8) is 0 Å². The van der Waals surface area contributed by atoms with E-state index in [4.69, 9.17) is 0 Å². The summed E-state index contributed by atoms with van der Waals surface area (Å²) in [5.41, 5.74) is 8.63. The minimum Gasteiger partial charge on any atom is -0.371 e. The van der Waals surface area contributed by atoms with Crippen molar-refractivity contribution in [2.45, 2.75) is 51.1 Å². The lowest BCUT2D eigenvalue weighted by molar-refractivity contribution is 0.217. The molecule has 2 aromatic carbocycles. The van der Waals surface area contributed by atoms with Crippen LogP contribution >= 0.6 is 0 Å². The predicted molar refractivity (Wildman–Crippen MR) is 128 cm³/mol. The van der Waals surface area contributed by atoms with Gasteiger partial charge in [-0.15, -0.1) is 0 Å². The zero-order valence-electron chi connectivity index (χ0n) is 18.5. The number of fused-ring (bicyclic) bond motifs is 1. The Kier molecular flexibility index (Phi) is 5.66. The normalized spacial score (nSPS) is 21.3. The van der Waals surface area contributed by atoms with E-state index in [1.807, 2.05) is 0 Å². The fourth-order valence-corrected chi connectivity index (χ4v) is 5.55. The summed E-state index contributed by atoms with van der Waals surface area (Å²) in [4.78, 5) is 5.04. The molecule has 0 radical (unpaired) electrons. The molecule has 0 unspecified atom stereocenters. The first kappa shape index (κ1) is 19.8. The van der Waals surface area contributed by atoms with Gasteiger partial charge in [0.1, 0.15) is 0 Å². The highest BCUT2D eigenvalue weighted by Gasteiger charge is 2.25. The van der Waals surface area contributed by atoms with Crippen molar-refractivity contribution in [3.05, 3.63) is 65.2 Å². The summed E-state index contributed by atoms with van der Waals surface area (Å²) in [5, 5.41) is 3.96. The number of hydrogen-bond donors (Lipinski definition) is 1. The smallest absolute Gasteiger partial charge is 0.0372 e. The van der Waals surface area contributed by atoms with E-state index in [2.05, 4.69) is 77.6 Å². The van der Waals surface area contributed by atoms with Crippen molar-refractivity contribution in [2.24, 2.45) is 0 Å². The third-order valence-electron chi connectivity index (χ3n) is 7.49. The van der Waals surface area contributed by atoms with Crippen LogP contribution in [0.2, 0.25) is 0 Å². The Hall–Kier alpha value is -2.10. The van der Waals surface area contributed by atoms with Gasteiger partial charge in [-0.05, 0) is 99.1 Å². The van der Waals surface area contributed by atoms with Crippen LogP contribution in [0.3, 0.4) is 0 Å².